The summed E-state index contributed by atoms with van der Waals surface area (Å²) in [6, 6.07) is 4.89. The normalized spacial score (nSPS) is 20.8. The van der Waals surface area contributed by atoms with E-state index in [9.17, 15) is 9.59 Å². The summed E-state index contributed by atoms with van der Waals surface area (Å²) in [7, 11) is 3.15. The van der Waals surface area contributed by atoms with Crippen molar-refractivity contribution in [2.75, 3.05) is 38.8 Å². The Labute approximate surface area is 159 Å². The van der Waals surface area contributed by atoms with Gasteiger partial charge in [0.05, 0.1) is 19.9 Å². The largest absolute Gasteiger partial charge is 0.497 e. The van der Waals surface area contributed by atoms with Crippen molar-refractivity contribution in [2.45, 2.75) is 19.4 Å². The van der Waals surface area contributed by atoms with Crippen LogP contribution in [0.2, 0.25) is 0 Å². The van der Waals surface area contributed by atoms with Crippen LogP contribution in [0.15, 0.2) is 18.2 Å². The highest BCUT2D eigenvalue weighted by Gasteiger charge is 2.36. The van der Waals surface area contributed by atoms with E-state index in [0.717, 1.165) is 13.1 Å². The zero-order valence-electron chi connectivity index (χ0n) is 15.3. The highest BCUT2D eigenvalue weighted by molar-refractivity contribution is 6.01. The van der Waals surface area contributed by atoms with Gasteiger partial charge in [0.25, 0.3) is 0 Å². The lowest BCUT2D eigenvalue weighted by molar-refractivity contribution is -0.130. The molecule has 2 aliphatic heterocycles. The fourth-order valence-electron chi connectivity index (χ4n) is 3.20. The Balaban J connectivity index is 0.00000243. The maximum atomic E-state index is 12.7. The third-order valence-corrected chi connectivity index (χ3v) is 5.10. The number of anilines is 1. The second kappa shape index (κ2) is 8.60. The van der Waals surface area contributed by atoms with Crippen molar-refractivity contribution in [2.24, 2.45) is 11.8 Å². The standard InChI is InChI=1S/C18H25N3O4.ClH/c1-11(12-9-19-10-12)17(22)20-16-4-5-21(18(16)23)13-6-14(24-2)8-15(7-13)25-3;/h6-8,11-12,16,19H,4-5,9-10H2,1-3H3,(H,20,22);1H. The van der Waals surface area contributed by atoms with Gasteiger partial charge in [0.15, 0.2) is 0 Å². The molecule has 2 N–H and O–H groups in total. The molecule has 0 spiro atoms. The van der Waals surface area contributed by atoms with Gasteiger partial charge in [0.1, 0.15) is 17.5 Å². The van der Waals surface area contributed by atoms with Crippen molar-refractivity contribution in [1.82, 2.24) is 10.6 Å². The summed E-state index contributed by atoms with van der Waals surface area (Å²) in [5, 5.41) is 6.08. The van der Waals surface area contributed by atoms with Crippen molar-refractivity contribution >= 4 is 29.9 Å². The average molecular weight is 384 g/mol. The van der Waals surface area contributed by atoms with E-state index in [4.69, 9.17) is 9.47 Å². The van der Waals surface area contributed by atoms with E-state index in [1.807, 2.05) is 6.92 Å². The third kappa shape index (κ3) is 4.04. The molecular formula is C18H26ClN3O4. The number of nitrogens with zero attached hydrogens (tertiary/aromatic N) is 1. The molecule has 0 bridgehead atoms. The first-order valence-electron chi connectivity index (χ1n) is 8.59. The van der Waals surface area contributed by atoms with Crippen LogP contribution in [0.4, 0.5) is 5.69 Å². The molecule has 2 heterocycles. The van der Waals surface area contributed by atoms with Crippen LogP contribution in [-0.2, 0) is 9.59 Å². The van der Waals surface area contributed by atoms with Gasteiger partial charge in [-0.2, -0.15) is 0 Å². The molecule has 3 rings (SSSR count). The van der Waals surface area contributed by atoms with Gasteiger partial charge >= 0.3 is 0 Å². The molecule has 0 saturated carbocycles. The Morgan fingerprint density at radius 2 is 1.85 bits per heavy atom. The van der Waals surface area contributed by atoms with Crippen LogP contribution in [0.25, 0.3) is 0 Å². The molecule has 0 aromatic heterocycles. The summed E-state index contributed by atoms with van der Waals surface area (Å²) >= 11 is 0. The fraction of sp³-hybridized carbons (Fsp3) is 0.556. The molecule has 1 aromatic carbocycles. The molecule has 144 valence electrons. The Morgan fingerprint density at radius 1 is 1.23 bits per heavy atom. The predicted molar refractivity (Wildman–Crippen MR) is 101 cm³/mol. The van der Waals surface area contributed by atoms with E-state index in [0.29, 0.717) is 36.1 Å². The van der Waals surface area contributed by atoms with Gasteiger partial charge in [-0.25, -0.2) is 0 Å². The zero-order chi connectivity index (χ0) is 18.0. The summed E-state index contributed by atoms with van der Waals surface area (Å²) < 4.78 is 10.5. The molecule has 1 aromatic rings. The molecule has 2 unspecified atom stereocenters. The van der Waals surface area contributed by atoms with E-state index < -0.39 is 6.04 Å². The molecule has 2 saturated heterocycles. The molecule has 7 nitrogen and oxygen atoms in total. The number of methoxy groups -OCH3 is 2. The van der Waals surface area contributed by atoms with Crippen molar-refractivity contribution in [3.63, 3.8) is 0 Å². The highest BCUT2D eigenvalue weighted by atomic mass is 35.5. The van der Waals surface area contributed by atoms with Gasteiger partial charge in [-0.3, -0.25) is 9.59 Å². The van der Waals surface area contributed by atoms with Crippen molar-refractivity contribution in [3.05, 3.63) is 18.2 Å². The maximum absolute atomic E-state index is 12.7. The van der Waals surface area contributed by atoms with Gasteiger partial charge in [0.2, 0.25) is 11.8 Å². The predicted octanol–water partition coefficient (Wildman–Crippen LogP) is 1.20. The summed E-state index contributed by atoms with van der Waals surface area (Å²) in [6.07, 6.45) is 0.597. The lowest BCUT2D eigenvalue weighted by atomic mass is 9.88. The highest BCUT2D eigenvalue weighted by Crippen LogP contribution is 2.31. The zero-order valence-corrected chi connectivity index (χ0v) is 16.1. The Hall–Kier alpha value is -1.99. The van der Waals surface area contributed by atoms with E-state index in [1.165, 1.54) is 0 Å². The number of amides is 2. The number of carbonyl (C=O) groups is 2. The Kier molecular flexibility index (Phi) is 6.72. The number of ether oxygens (including phenoxy) is 2. The van der Waals surface area contributed by atoms with Crippen molar-refractivity contribution < 1.29 is 19.1 Å². The van der Waals surface area contributed by atoms with Crippen LogP contribution in [0.3, 0.4) is 0 Å². The van der Waals surface area contributed by atoms with Crippen LogP contribution in [0.5, 0.6) is 11.5 Å². The second-order valence-electron chi connectivity index (χ2n) is 6.62. The van der Waals surface area contributed by atoms with Gasteiger partial charge in [-0.15, -0.1) is 12.4 Å². The van der Waals surface area contributed by atoms with Gasteiger partial charge in [-0.1, -0.05) is 6.92 Å². The maximum Gasteiger partial charge on any atom is 0.249 e. The molecule has 2 amide bonds. The van der Waals surface area contributed by atoms with Gasteiger partial charge in [-0.05, 0) is 25.4 Å². The summed E-state index contributed by atoms with van der Waals surface area (Å²) in [5.41, 5.74) is 0.717. The van der Waals surface area contributed by atoms with Gasteiger partial charge in [0, 0.05) is 30.7 Å². The second-order valence-corrected chi connectivity index (χ2v) is 6.62. The van der Waals surface area contributed by atoms with E-state index >= 15 is 0 Å². The molecule has 0 aliphatic carbocycles. The number of nitrogens with one attached hydrogen (secondary N) is 2. The van der Waals surface area contributed by atoms with E-state index in [-0.39, 0.29) is 30.1 Å². The first kappa shape index (κ1) is 20.3. The molecule has 2 aliphatic rings. The number of hydrogen-bond acceptors (Lipinski definition) is 5. The lowest BCUT2D eigenvalue weighted by Crippen LogP contribution is -2.52. The minimum atomic E-state index is -0.472. The SMILES string of the molecule is COc1cc(OC)cc(N2CCC(NC(=O)C(C)C3CNC3)C2=O)c1.Cl. The first-order chi connectivity index (χ1) is 12.0. The number of hydrogen-bond donors (Lipinski definition) is 2. The molecule has 2 fully saturated rings. The lowest BCUT2D eigenvalue weighted by Gasteiger charge is -2.32. The van der Waals surface area contributed by atoms with Gasteiger partial charge < -0.3 is 25.0 Å². The number of benzene rings is 1. The molecule has 2 atom stereocenters. The van der Waals surface area contributed by atoms with Crippen molar-refractivity contribution in [3.8, 4) is 11.5 Å². The summed E-state index contributed by atoms with van der Waals surface area (Å²) in [5.74, 6) is 1.38. The van der Waals surface area contributed by atoms with Crippen LogP contribution < -0.4 is 25.0 Å². The first-order valence-corrected chi connectivity index (χ1v) is 8.59. The van der Waals surface area contributed by atoms with Crippen molar-refractivity contribution in [1.29, 1.82) is 0 Å². The molecular weight excluding hydrogens is 358 g/mol. The minimum Gasteiger partial charge on any atom is -0.497 e. The quantitative estimate of drug-likeness (QED) is 0.771. The number of carbonyl (C=O) groups excluding carboxylic acids is 2. The Morgan fingerprint density at radius 3 is 2.35 bits per heavy atom. The summed E-state index contributed by atoms with van der Waals surface area (Å²) in [4.78, 5) is 26.8. The smallest absolute Gasteiger partial charge is 0.249 e. The topological polar surface area (TPSA) is 79.9 Å². The number of rotatable bonds is 6. The fourth-order valence-corrected chi connectivity index (χ4v) is 3.20. The molecule has 26 heavy (non-hydrogen) atoms. The third-order valence-electron chi connectivity index (χ3n) is 5.10. The van der Waals surface area contributed by atoms with E-state index in [2.05, 4.69) is 10.6 Å². The Bertz CT molecular complexity index is 644. The molecule has 8 heteroatoms. The summed E-state index contributed by atoms with van der Waals surface area (Å²) in [6.45, 7) is 4.20. The molecule has 0 radical (unpaired) electrons. The van der Waals surface area contributed by atoms with Crippen LogP contribution in [-0.4, -0.2) is 51.7 Å². The van der Waals surface area contributed by atoms with E-state index in [1.54, 1.807) is 37.3 Å². The monoisotopic (exact) mass is 383 g/mol. The minimum absolute atomic E-state index is 0. The number of halogens is 1. The van der Waals surface area contributed by atoms with Crippen LogP contribution in [0, 0.1) is 11.8 Å². The van der Waals surface area contributed by atoms with Crippen LogP contribution >= 0.6 is 12.4 Å². The van der Waals surface area contributed by atoms with Crippen LogP contribution in [0.1, 0.15) is 13.3 Å². The average Bonchev–Trinajstić information content (AvgIpc) is 2.93.